The molecule has 5 nitrogen and oxygen atoms in total. The SMILES string of the molecule is O=C(Oc1ccccn1)C(=O)c1ccc(Oc2ccccc2)cc1. The number of esters is 1. The van der Waals surface area contributed by atoms with Gasteiger partial charge in [0.15, 0.2) is 0 Å². The van der Waals surface area contributed by atoms with Crippen LogP contribution in [0.4, 0.5) is 0 Å². The molecule has 0 saturated carbocycles. The molecule has 0 aliphatic rings. The number of hydrogen-bond acceptors (Lipinski definition) is 5. The third-order valence-corrected chi connectivity index (χ3v) is 3.12. The van der Waals surface area contributed by atoms with Gasteiger partial charge in [-0.3, -0.25) is 4.79 Å². The zero-order valence-electron chi connectivity index (χ0n) is 12.6. The molecular weight excluding hydrogens is 306 g/mol. The molecule has 0 atom stereocenters. The maximum Gasteiger partial charge on any atom is 0.386 e. The molecule has 1 heterocycles. The molecule has 0 saturated heterocycles. The van der Waals surface area contributed by atoms with Gasteiger partial charge >= 0.3 is 5.97 Å². The fourth-order valence-corrected chi connectivity index (χ4v) is 1.97. The van der Waals surface area contributed by atoms with Gasteiger partial charge in [-0.25, -0.2) is 9.78 Å². The van der Waals surface area contributed by atoms with E-state index in [2.05, 4.69) is 4.98 Å². The van der Waals surface area contributed by atoms with Crippen LogP contribution >= 0.6 is 0 Å². The van der Waals surface area contributed by atoms with Crippen molar-refractivity contribution in [3.05, 3.63) is 84.6 Å². The molecule has 0 unspecified atom stereocenters. The van der Waals surface area contributed by atoms with E-state index in [4.69, 9.17) is 9.47 Å². The van der Waals surface area contributed by atoms with Crippen LogP contribution in [0, 0.1) is 0 Å². The van der Waals surface area contributed by atoms with E-state index in [1.165, 1.54) is 24.4 Å². The highest BCUT2D eigenvalue weighted by Crippen LogP contribution is 2.21. The average Bonchev–Trinajstić information content (AvgIpc) is 2.63. The van der Waals surface area contributed by atoms with E-state index in [0.717, 1.165) is 0 Å². The van der Waals surface area contributed by atoms with Gasteiger partial charge in [0.1, 0.15) is 11.5 Å². The Hall–Kier alpha value is -3.47. The Bertz CT molecular complexity index is 830. The molecule has 24 heavy (non-hydrogen) atoms. The summed E-state index contributed by atoms with van der Waals surface area (Å²) >= 11 is 0. The van der Waals surface area contributed by atoms with Gasteiger partial charge in [-0.1, -0.05) is 24.3 Å². The molecule has 0 N–H and O–H groups in total. The second-order valence-corrected chi connectivity index (χ2v) is 4.83. The van der Waals surface area contributed by atoms with Gasteiger partial charge in [-0.2, -0.15) is 0 Å². The molecule has 0 aliphatic carbocycles. The minimum absolute atomic E-state index is 0.0832. The van der Waals surface area contributed by atoms with Gasteiger partial charge in [-0.05, 0) is 42.5 Å². The minimum Gasteiger partial charge on any atom is -0.457 e. The average molecular weight is 319 g/mol. The Morgan fingerprint density at radius 3 is 2.08 bits per heavy atom. The third-order valence-electron chi connectivity index (χ3n) is 3.12. The summed E-state index contributed by atoms with van der Waals surface area (Å²) < 4.78 is 10.6. The summed E-state index contributed by atoms with van der Waals surface area (Å²) in [5.74, 6) is -0.390. The molecule has 2 aromatic carbocycles. The van der Waals surface area contributed by atoms with Crippen molar-refractivity contribution in [2.45, 2.75) is 0 Å². The van der Waals surface area contributed by atoms with E-state index in [9.17, 15) is 9.59 Å². The second kappa shape index (κ2) is 7.19. The number of ether oxygens (including phenoxy) is 2. The van der Waals surface area contributed by atoms with E-state index in [1.54, 1.807) is 24.3 Å². The molecule has 3 aromatic rings. The topological polar surface area (TPSA) is 65.5 Å². The van der Waals surface area contributed by atoms with Crippen LogP contribution in [0.3, 0.4) is 0 Å². The van der Waals surface area contributed by atoms with Crippen molar-refractivity contribution in [1.29, 1.82) is 0 Å². The Labute approximate surface area is 138 Å². The van der Waals surface area contributed by atoms with Gasteiger partial charge in [0.2, 0.25) is 5.88 Å². The normalized spacial score (nSPS) is 10.0. The summed E-state index contributed by atoms with van der Waals surface area (Å²) in [4.78, 5) is 27.8. The van der Waals surface area contributed by atoms with Crippen LogP contribution in [0.2, 0.25) is 0 Å². The summed E-state index contributed by atoms with van der Waals surface area (Å²) in [6.45, 7) is 0. The van der Waals surface area contributed by atoms with Crippen molar-refractivity contribution in [3.8, 4) is 17.4 Å². The standard InChI is InChI=1S/C19H13NO4/c21-18(19(22)24-17-8-4-5-13-20-17)14-9-11-16(12-10-14)23-15-6-2-1-3-7-15/h1-13H. The van der Waals surface area contributed by atoms with E-state index in [-0.39, 0.29) is 11.4 Å². The largest absolute Gasteiger partial charge is 0.457 e. The summed E-state index contributed by atoms with van der Waals surface area (Å²) in [6.07, 6.45) is 1.48. The van der Waals surface area contributed by atoms with Crippen LogP contribution in [-0.4, -0.2) is 16.7 Å². The number of hydrogen-bond donors (Lipinski definition) is 0. The van der Waals surface area contributed by atoms with Crippen molar-refractivity contribution >= 4 is 11.8 Å². The van der Waals surface area contributed by atoms with Crippen LogP contribution in [0.25, 0.3) is 0 Å². The van der Waals surface area contributed by atoms with Crippen LogP contribution in [-0.2, 0) is 4.79 Å². The van der Waals surface area contributed by atoms with Crippen LogP contribution in [0.15, 0.2) is 79.0 Å². The molecule has 118 valence electrons. The first-order valence-electron chi connectivity index (χ1n) is 7.23. The van der Waals surface area contributed by atoms with Crippen LogP contribution < -0.4 is 9.47 Å². The summed E-state index contributed by atoms with van der Waals surface area (Å²) in [7, 11) is 0. The lowest BCUT2D eigenvalue weighted by Crippen LogP contribution is -2.20. The number of nitrogens with zero attached hydrogens (tertiary/aromatic N) is 1. The fourth-order valence-electron chi connectivity index (χ4n) is 1.97. The monoisotopic (exact) mass is 319 g/mol. The van der Waals surface area contributed by atoms with Gasteiger partial charge < -0.3 is 9.47 Å². The maximum atomic E-state index is 12.1. The molecule has 3 rings (SSSR count). The highest BCUT2D eigenvalue weighted by Gasteiger charge is 2.19. The van der Waals surface area contributed by atoms with E-state index < -0.39 is 11.8 Å². The first kappa shape index (κ1) is 15.4. The van der Waals surface area contributed by atoms with Crippen molar-refractivity contribution < 1.29 is 19.1 Å². The molecular formula is C19H13NO4. The Morgan fingerprint density at radius 1 is 0.750 bits per heavy atom. The number of aromatic nitrogens is 1. The Balaban J connectivity index is 1.66. The number of benzene rings is 2. The number of para-hydroxylation sites is 1. The van der Waals surface area contributed by atoms with E-state index in [1.807, 2.05) is 30.3 Å². The van der Waals surface area contributed by atoms with Crippen molar-refractivity contribution in [1.82, 2.24) is 4.98 Å². The Kier molecular flexibility index (Phi) is 4.62. The van der Waals surface area contributed by atoms with E-state index in [0.29, 0.717) is 11.5 Å². The third kappa shape index (κ3) is 3.84. The molecule has 5 heteroatoms. The number of rotatable bonds is 5. The maximum absolute atomic E-state index is 12.1. The number of ketones is 1. The minimum atomic E-state index is -0.981. The summed E-state index contributed by atoms with van der Waals surface area (Å²) in [6, 6.07) is 20.4. The number of carbonyl (C=O) groups excluding carboxylic acids is 2. The molecule has 0 spiro atoms. The quantitative estimate of drug-likeness (QED) is 0.408. The lowest BCUT2D eigenvalue weighted by molar-refractivity contribution is -0.129. The van der Waals surface area contributed by atoms with Gasteiger partial charge in [0.05, 0.1) is 0 Å². The molecule has 0 bridgehead atoms. The number of Topliss-reactive ketones (excluding diaryl/α,β-unsaturated/α-hetero) is 1. The van der Waals surface area contributed by atoms with Crippen molar-refractivity contribution in [3.63, 3.8) is 0 Å². The van der Waals surface area contributed by atoms with Gasteiger partial charge in [0, 0.05) is 17.8 Å². The first-order chi connectivity index (χ1) is 11.7. The lowest BCUT2D eigenvalue weighted by Gasteiger charge is -2.06. The first-order valence-corrected chi connectivity index (χ1v) is 7.23. The smallest absolute Gasteiger partial charge is 0.386 e. The van der Waals surface area contributed by atoms with Crippen molar-refractivity contribution in [2.75, 3.05) is 0 Å². The Morgan fingerprint density at radius 2 is 1.42 bits per heavy atom. The summed E-state index contributed by atoms with van der Waals surface area (Å²) in [5, 5.41) is 0. The highest BCUT2D eigenvalue weighted by molar-refractivity contribution is 6.41. The van der Waals surface area contributed by atoms with Gasteiger partial charge in [0.25, 0.3) is 5.78 Å². The van der Waals surface area contributed by atoms with Crippen LogP contribution in [0.5, 0.6) is 17.4 Å². The fraction of sp³-hybridized carbons (Fsp3) is 0. The molecule has 0 amide bonds. The number of carbonyl (C=O) groups is 2. The highest BCUT2D eigenvalue weighted by atomic mass is 16.5. The van der Waals surface area contributed by atoms with Crippen LogP contribution in [0.1, 0.15) is 10.4 Å². The predicted molar refractivity (Wildman–Crippen MR) is 87.2 cm³/mol. The zero-order chi connectivity index (χ0) is 16.8. The zero-order valence-corrected chi connectivity index (χ0v) is 12.6. The molecule has 1 aromatic heterocycles. The van der Waals surface area contributed by atoms with Gasteiger partial charge in [-0.15, -0.1) is 0 Å². The molecule has 0 fully saturated rings. The number of pyridine rings is 1. The molecule has 0 radical (unpaired) electrons. The second-order valence-electron chi connectivity index (χ2n) is 4.83. The predicted octanol–water partition coefficient (Wildman–Crippen LogP) is 3.66. The lowest BCUT2D eigenvalue weighted by atomic mass is 10.1. The van der Waals surface area contributed by atoms with E-state index >= 15 is 0 Å². The molecule has 0 aliphatic heterocycles. The summed E-state index contributed by atoms with van der Waals surface area (Å²) in [5.41, 5.74) is 0.219. The van der Waals surface area contributed by atoms with Crippen molar-refractivity contribution in [2.24, 2.45) is 0 Å².